The molecule has 4 aromatic rings. The standard InChI is InChI=1S/C23H16ClFN4O3S/c24-18-7-3-1-5-16(18)22-28-29-23(32-22)33-13-20(30)27-19-8-4-2-6-17(19)21(31)26-15-11-9-14(25)10-12-15/h1-12H,13H2,(H,26,31)(H,27,30). The first-order valence-electron chi connectivity index (χ1n) is 9.66. The number of para-hydroxylation sites is 1. The van der Waals surface area contributed by atoms with Crippen LogP contribution in [-0.4, -0.2) is 27.8 Å². The van der Waals surface area contributed by atoms with Crippen LogP contribution >= 0.6 is 23.4 Å². The van der Waals surface area contributed by atoms with Crippen molar-refractivity contribution in [2.24, 2.45) is 0 Å². The van der Waals surface area contributed by atoms with Gasteiger partial charge in [-0.3, -0.25) is 9.59 Å². The van der Waals surface area contributed by atoms with Gasteiger partial charge in [0.15, 0.2) is 0 Å². The lowest BCUT2D eigenvalue weighted by molar-refractivity contribution is -0.113. The Morgan fingerprint density at radius 2 is 1.67 bits per heavy atom. The number of amides is 2. The minimum atomic E-state index is -0.438. The Hall–Kier alpha value is -3.69. The molecule has 1 heterocycles. The number of nitrogens with zero attached hydrogens (tertiary/aromatic N) is 2. The lowest BCUT2D eigenvalue weighted by atomic mass is 10.1. The van der Waals surface area contributed by atoms with Gasteiger partial charge in [0.05, 0.1) is 27.6 Å². The minimum Gasteiger partial charge on any atom is -0.411 e. The molecule has 3 aromatic carbocycles. The van der Waals surface area contributed by atoms with Gasteiger partial charge < -0.3 is 15.1 Å². The van der Waals surface area contributed by atoms with Crippen LogP contribution in [0.25, 0.3) is 11.5 Å². The highest BCUT2D eigenvalue weighted by Gasteiger charge is 2.16. The van der Waals surface area contributed by atoms with Gasteiger partial charge in [-0.25, -0.2) is 4.39 Å². The molecule has 0 fully saturated rings. The van der Waals surface area contributed by atoms with Crippen molar-refractivity contribution < 1.29 is 18.4 Å². The summed E-state index contributed by atoms with van der Waals surface area (Å²) in [5.41, 5.74) is 1.64. The second-order valence-electron chi connectivity index (χ2n) is 6.70. The maximum atomic E-state index is 13.1. The molecule has 0 saturated heterocycles. The molecule has 7 nitrogen and oxygen atoms in total. The Morgan fingerprint density at radius 1 is 0.939 bits per heavy atom. The normalized spacial score (nSPS) is 10.6. The van der Waals surface area contributed by atoms with Crippen LogP contribution in [0.15, 0.2) is 82.4 Å². The predicted octanol–water partition coefficient (Wildman–Crippen LogP) is 5.51. The number of hydrogen-bond acceptors (Lipinski definition) is 6. The number of anilines is 2. The van der Waals surface area contributed by atoms with Crippen molar-refractivity contribution in [2.75, 3.05) is 16.4 Å². The minimum absolute atomic E-state index is 0.0158. The van der Waals surface area contributed by atoms with Crippen LogP contribution in [0.2, 0.25) is 5.02 Å². The zero-order chi connectivity index (χ0) is 23.2. The van der Waals surface area contributed by atoms with E-state index < -0.39 is 11.7 Å². The molecule has 0 bridgehead atoms. The molecule has 0 spiro atoms. The van der Waals surface area contributed by atoms with Crippen LogP contribution in [0.3, 0.4) is 0 Å². The first-order chi connectivity index (χ1) is 16.0. The van der Waals surface area contributed by atoms with Crippen molar-refractivity contribution in [2.45, 2.75) is 5.22 Å². The summed E-state index contributed by atoms with van der Waals surface area (Å²) in [5.74, 6) is -0.964. The van der Waals surface area contributed by atoms with Crippen molar-refractivity contribution in [3.05, 3.63) is 89.2 Å². The average molecular weight is 483 g/mol. The molecular weight excluding hydrogens is 467 g/mol. The zero-order valence-corrected chi connectivity index (χ0v) is 18.5. The Bertz CT molecular complexity index is 1300. The van der Waals surface area contributed by atoms with E-state index in [4.69, 9.17) is 16.0 Å². The number of thioether (sulfide) groups is 1. The van der Waals surface area contributed by atoms with Crippen molar-refractivity contribution in [3.8, 4) is 11.5 Å². The number of carbonyl (C=O) groups excluding carboxylic acids is 2. The molecule has 0 radical (unpaired) electrons. The third-order valence-corrected chi connectivity index (χ3v) is 5.53. The number of carbonyl (C=O) groups is 2. The van der Waals surface area contributed by atoms with Gasteiger partial charge in [0.2, 0.25) is 11.8 Å². The number of benzene rings is 3. The van der Waals surface area contributed by atoms with E-state index in [1.807, 2.05) is 0 Å². The Labute approximate surface area is 197 Å². The molecule has 33 heavy (non-hydrogen) atoms. The summed E-state index contributed by atoms with van der Waals surface area (Å²) in [6, 6.07) is 19.0. The Kier molecular flexibility index (Phi) is 7.01. The monoisotopic (exact) mass is 482 g/mol. The van der Waals surface area contributed by atoms with Gasteiger partial charge in [0, 0.05) is 5.69 Å². The van der Waals surface area contributed by atoms with Crippen LogP contribution in [0.5, 0.6) is 0 Å². The number of hydrogen-bond donors (Lipinski definition) is 2. The second-order valence-corrected chi connectivity index (χ2v) is 8.03. The van der Waals surface area contributed by atoms with E-state index in [0.29, 0.717) is 22.0 Å². The molecule has 0 aliphatic rings. The van der Waals surface area contributed by atoms with Gasteiger partial charge >= 0.3 is 0 Å². The smallest absolute Gasteiger partial charge is 0.277 e. The maximum Gasteiger partial charge on any atom is 0.277 e. The van der Waals surface area contributed by atoms with Crippen LogP contribution in [0, 0.1) is 5.82 Å². The van der Waals surface area contributed by atoms with E-state index in [2.05, 4.69) is 20.8 Å². The quantitative estimate of drug-likeness (QED) is 0.337. The van der Waals surface area contributed by atoms with Gasteiger partial charge in [-0.15, -0.1) is 10.2 Å². The fourth-order valence-electron chi connectivity index (χ4n) is 2.85. The lowest BCUT2D eigenvalue weighted by Crippen LogP contribution is -2.19. The van der Waals surface area contributed by atoms with Gasteiger partial charge in [-0.05, 0) is 48.5 Å². The van der Waals surface area contributed by atoms with Crippen molar-refractivity contribution in [3.63, 3.8) is 0 Å². The second kappa shape index (κ2) is 10.3. The summed E-state index contributed by atoms with van der Waals surface area (Å²) >= 11 is 7.19. The van der Waals surface area contributed by atoms with E-state index >= 15 is 0 Å². The highest BCUT2D eigenvalue weighted by molar-refractivity contribution is 7.99. The predicted molar refractivity (Wildman–Crippen MR) is 125 cm³/mol. The molecule has 166 valence electrons. The first-order valence-corrected chi connectivity index (χ1v) is 11.0. The highest BCUT2D eigenvalue weighted by atomic mass is 35.5. The van der Waals surface area contributed by atoms with Gasteiger partial charge in [0.1, 0.15) is 5.82 Å². The topological polar surface area (TPSA) is 97.1 Å². The molecule has 10 heteroatoms. The molecule has 0 atom stereocenters. The van der Waals surface area contributed by atoms with Crippen LogP contribution in [-0.2, 0) is 4.79 Å². The first kappa shape index (κ1) is 22.5. The van der Waals surface area contributed by atoms with Crippen LogP contribution in [0.4, 0.5) is 15.8 Å². The molecule has 0 aliphatic carbocycles. The van der Waals surface area contributed by atoms with Gasteiger partial charge in [-0.2, -0.15) is 0 Å². The molecule has 0 aliphatic heterocycles. The molecule has 4 rings (SSSR count). The molecule has 2 N–H and O–H groups in total. The fraction of sp³-hybridized carbons (Fsp3) is 0.0435. The maximum absolute atomic E-state index is 13.1. The van der Waals surface area contributed by atoms with Gasteiger partial charge in [-0.1, -0.05) is 47.6 Å². The summed E-state index contributed by atoms with van der Waals surface area (Å²) in [6.07, 6.45) is 0. The van der Waals surface area contributed by atoms with E-state index in [1.165, 1.54) is 24.3 Å². The third-order valence-electron chi connectivity index (χ3n) is 4.39. The largest absolute Gasteiger partial charge is 0.411 e. The van der Waals surface area contributed by atoms with Crippen molar-refractivity contribution >= 4 is 46.6 Å². The summed E-state index contributed by atoms with van der Waals surface area (Å²) in [6.45, 7) is 0. The highest BCUT2D eigenvalue weighted by Crippen LogP contribution is 2.28. The van der Waals surface area contributed by atoms with E-state index in [9.17, 15) is 14.0 Å². The third kappa shape index (κ3) is 5.76. The van der Waals surface area contributed by atoms with Gasteiger partial charge in [0.25, 0.3) is 11.1 Å². The number of halogens is 2. The fourth-order valence-corrected chi connectivity index (χ4v) is 3.63. The van der Waals surface area contributed by atoms with Crippen LogP contribution < -0.4 is 10.6 Å². The Balaban J connectivity index is 1.38. The number of rotatable bonds is 7. The summed E-state index contributed by atoms with van der Waals surface area (Å²) in [4.78, 5) is 25.1. The van der Waals surface area contributed by atoms with E-state index in [1.54, 1.807) is 48.5 Å². The zero-order valence-electron chi connectivity index (χ0n) is 16.9. The molecule has 0 saturated carbocycles. The molecule has 1 aromatic heterocycles. The van der Waals surface area contributed by atoms with Crippen LogP contribution in [0.1, 0.15) is 10.4 Å². The number of aromatic nitrogens is 2. The summed E-state index contributed by atoms with van der Waals surface area (Å²) in [5, 5.41) is 14.0. The lowest BCUT2D eigenvalue weighted by Gasteiger charge is -2.11. The van der Waals surface area contributed by atoms with E-state index in [0.717, 1.165) is 11.8 Å². The summed E-state index contributed by atoms with van der Waals surface area (Å²) in [7, 11) is 0. The summed E-state index contributed by atoms with van der Waals surface area (Å²) < 4.78 is 18.6. The van der Waals surface area contributed by atoms with Crippen molar-refractivity contribution in [1.82, 2.24) is 10.2 Å². The molecule has 2 amide bonds. The number of nitrogens with one attached hydrogen (secondary N) is 2. The Morgan fingerprint density at radius 3 is 2.45 bits per heavy atom. The van der Waals surface area contributed by atoms with E-state index in [-0.39, 0.29) is 28.3 Å². The molecule has 0 unspecified atom stereocenters. The molecular formula is C23H16ClFN4O3S. The average Bonchev–Trinajstić information content (AvgIpc) is 3.29. The SMILES string of the molecule is O=C(CSc1nnc(-c2ccccc2Cl)o1)Nc1ccccc1C(=O)Nc1ccc(F)cc1. The van der Waals surface area contributed by atoms with Crippen molar-refractivity contribution in [1.29, 1.82) is 0 Å².